The van der Waals surface area contributed by atoms with Crippen molar-refractivity contribution >= 4 is 17.4 Å². The third-order valence-electron chi connectivity index (χ3n) is 3.47. The van der Waals surface area contributed by atoms with E-state index in [0.29, 0.717) is 23.4 Å². The molecule has 0 aromatic carbocycles. The Morgan fingerprint density at radius 3 is 2.59 bits per heavy atom. The molecule has 0 aliphatic carbocycles. The van der Waals surface area contributed by atoms with Gasteiger partial charge < -0.3 is 10.0 Å². The van der Waals surface area contributed by atoms with E-state index in [1.54, 1.807) is 0 Å². The van der Waals surface area contributed by atoms with Crippen LogP contribution < -0.4 is 4.90 Å². The molecule has 0 amide bonds. The van der Waals surface area contributed by atoms with Crippen molar-refractivity contribution in [3.05, 3.63) is 16.5 Å². The molecule has 2 unspecified atom stereocenters. The van der Waals surface area contributed by atoms with Gasteiger partial charge in [0.1, 0.15) is 0 Å². The van der Waals surface area contributed by atoms with Gasteiger partial charge in [0, 0.05) is 13.1 Å². The minimum absolute atomic E-state index is 0.316. The molecule has 1 aromatic rings. The first-order valence-corrected chi connectivity index (χ1v) is 6.30. The SMILES string of the molecule is Cc1nc(Cl)c(N2CCC(C)C(O)C2)nc1C. The smallest absolute Gasteiger partial charge is 0.171 e. The summed E-state index contributed by atoms with van der Waals surface area (Å²) in [5.74, 6) is 1.03. The molecule has 1 fully saturated rings. The quantitative estimate of drug-likeness (QED) is 0.833. The van der Waals surface area contributed by atoms with E-state index in [1.807, 2.05) is 18.7 Å². The molecule has 1 saturated heterocycles. The molecule has 4 nitrogen and oxygen atoms in total. The normalized spacial score (nSPS) is 25.1. The summed E-state index contributed by atoms with van der Waals surface area (Å²) in [5.41, 5.74) is 1.74. The number of anilines is 1. The van der Waals surface area contributed by atoms with E-state index in [0.717, 1.165) is 24.4 Å². The minimum Gasteiger partial charge on any atom is -0.391 e. The first-order chi connectivity index (χ1) is 7.99. The van der Waals surface area contributed by atoms with Crippen LogP contribution in [0.1, 0.15) is 24.7 Å². The maximum Gasteiger partial charge on any atom is 0.171 e. The largest absolute Gasteiger partial charge is 0.391 e. The Labute approximate surface area is 107 Å². The van der Waals surface area contributed by atoms with E-state index in [2.05, 4.69) is 16.9 Å². The standard InChI is InChI=1S/C12H18ClN3O/c1-7-4-5-16(6-10(7)17)12-11(13)14-8(2)9(3)15-12/h7,10,17H,4-6H2,1-3H3. The average molecular weight is 256 g/mol. The number of rotatable bonds is 1. The van der Waals surface area contributed by atoms with Crippen molar-refractivity contribution < 1.29 is 5.11 Å². The van der Waals surface area contributed by atoms with Gasteiger partial charge >= 0.3 is 0 Å². The Bertz CT molecular complexity index is 424. The molecule has 17 heavy (non-hydrogen) atoms. The second-order valence-electron chi connectivity index (χ2n) is 4.79. The molecule has 1 aromatic heterocycles. The molecule has 2 heterocycles. The highest BCUT2D eigenvalue weighted by Gasteiger charge is 2.26. The molecule has 0 saturated carbocycles. The third-order valence-corrected chi connectivity index (χ3v) is 3.72. The zero-order valence-corrected chi connectivity index (χ0v) is 11.2. The Hall–Kier alpha value is -0.870. The number of aromatic nitrogens is 2. The topological polar surface area (TPSA) is 49.2 Å². The number of halogens is 1. The Kier molecular flexibility index (Phi) is 3.54. The zero-order valence-electron chi connectivity index (χ0n) is 10.4. The van der Waals surface area contributed by atoms with Crippen LogP contribution in [0.5, 0.6) is 0 Å². The van der Waals surface area contributed by atoms with Gasteiger partial charge in [0.05, 0.1) is 17.5 Å². The van der Waals surface area contributed by atoms with Gasteiger partial charge in [-0.25, -0.2) is 9.97 Å². The van der Waals surface area contributed by atoms with Crippen molar-refractivity contribution in [3.63, 3.8) is 0 Å². The van der Waals surface area contributed by atoms with Crippen LogP contribution in [0, 0.1) is 19.8 Å². The van der Waals surface area contributed by atoms with Crippen LogP contribution >= 0.6 is 11.6 Å². The lowest BCUT2D eigenvalue weighted by Crippen LogP contribution is -2.43. The zero-order chi connectivity index (χ0) is 12.6. The van der Waals surface area contributed by atoms with Gasteiger partial charge in [-0.2, -0.15) is 0 Å². The third kappa shape index (κ3) is 2.53. The van der Waals surface area contributed by atoms with Crippen molar-refractivity contribution in [2.45, 2.75) is 33.3 Å². The van der Waals surface area contributed by atoms with Crippen LogP contribution in [-0.2, 0) is 0 Å². The van der Waals surface area contributed by atoms with Crippen LogP contribution in [0.25, 0.3) is 0 Å². The number of aliphatic hydroxyl groups is 1. The van der Waals surface area contributed by atoms with E-state index < -0.39 is 0 Å². The van der Waals surface area contributed by atoms with Crippen molar-refractivity contribution in [1.82, 2.24) is 9.97 Å². The van der Waals surface area contributed by atoms with Gasteiger partial charge in [-0.05, 0) is 26.2 Å². The summed E-state index contributed by atoms with van der Waals surface area (Å²) in [6, 6.07) is 0. The highest BCUT2D eigenvalue weighted by molar-refractivity contribution is 6.31. The molecule has 0 radical (unpaired) electrons. The summed E-state index contributed by atoms with van der Waals surface area (Å²) >= 11 is 6.12. The number of β-amino-alcohol motifs (C(OH)–C–C–N with tert-alkyl or cyclic N) is 1. The van der Waals surface area contributed by atoms with Gasteiger partial charge in [0.2, 0.25) is 0 Å². The van der Waals surface area contributed by atoms with Crippen LogP contribution in [-0.4, -0.2) is 34.3 Å². The second kappa shape index (κ2) is 4.78. The monoisotopic (exact) mass is 255 g/mol. The molecule has 2 rings (SSSR count). The van der Waals surface area contributed by atoms with Gasteiger partial charge in [-0.15, -0.1) is 0 Å². The average Bonchev–Trinajstić information content (AvgIpc) is 2.27. The Balaban J connectivity index is 2.26. The molecule has 94 valence electrons. The minimum atomic E-state index is -0.316. The van der Waals surface area contributed by atoms with E-state index in [1.165, 1.54) is 0 Å². The number of nitrogens with zero attached hydrogens (tertiary/aromatic N) is 3. The predicted molar refractivity (Wildman–Crippen MR) is 68.5 cm³/mol. The number of hydrogen-bond donors (Lipinski definition) is 1. The lowest BCUT2D eigenvalue weighted by molar-refractivity contribution is 0.102. The van der Waals surface area contributed by atoms with Crippen LogP contribution in [0.2, 0.25) is 5.15 Å². The molecule has 1 aliphatic rings. The van der Waals surface area contributed by atoms with Crippen molar-refractivity contribution in [1.29, 1.82) is 0 Å². The number of aryl methyl sites for hydroxylation is 2. The molecular formula is C12H18ClN3O. The summed E-state index contributed by atoms with van der Waals surface area (Å²) in [7, 11) is 0. The molecule has 0 bridgehead atoms. The fourth-order valence-electron chi connectivity index (χ4n) is 2.01. The molecular weight excluding hydrogens is 238 g/mol. The van der Waals surface area contributed by atoms with E-state index in [4.69, 9.17) is 11.6 Å². The summed E-state index contributed by atoms with van der Waals surface area (Å²) in [4.78, 5) is 10.8. The predicted octanol–water partition coefficient (Wildman–Crippen LogP) is 1.95. The van der Waals surface area contributed by atoms with Crippen LogP contribution in [0.15, 0.2) is 0 Å². The van der Waals surface area contributed by atoms with E-state index >= 15 is 0 Å². The maximum atomic E-state index is 9.89. The highest BCUT2D eigenvalue weighted by Crippen LogP contribution is 2.27. The van der Waals surface area contributed by atoms with Crippen molar-refractivity contribution in [3.8, 4) is 0 Å². The first kappa shape index (κ1) is 12.6. The summed E-state index contributed by atoms with van der Waals surface area (Å²) in [5, 5.41) is 10.3. The molecule has 0 spiro atoms. The summed E-state index contributed by atoms with van der Waals surface area (Å²) in [6.07, 6.45) is 0.634. The van der Waals surface area contributed by atoms with Crippen LogP contribution in [0.4, 0.5) is 5.82 Å². The summed E-state index contributed by atoms with van der Waals surface area (Å²) < 4.78 is 0. The van der Waals surface area contributed by atoms with Crippen molar-refractivity contribution in [2.24, 2.45) is 5.92 Å². The van der Waals surface area contributed by atoms with Gasteiger partial charge in [-0.3, -0.25) is 0 Å². The molecule has 1 N–H and O–H groups in total. The molecule has 2 atom stereocenters. The van der Waals surface area contributed by atoms with Crippen LogP contribution in [0.3, 0.4) is 0 Å². The summed E-state index contributed by atoms with van der Waals surface area (Å²) in [6.45, 7) is 7.33. The first-order valence-electron chi connectivity index (χ1n) is 5.92. The molecule has 5 heteroatoms. The van der Waals surface area contributed by atoms with Gasteiger partial charge in [0.25, 0.3) is 0 Å². The van der Waals surface area contributed by atoms with Gasteiger partial charge in [0.15, 0.2) is 11.0 Å². The number of piperidine rings is 1. The van der Waals surface area contributed by atoms with E-state index in [9.17, 15) is 5.11 Å². The fraction of sp³-hybridized carbons (Fsp3) is 0.667. The fourth-order valence-corrected chi connectivity index (χ4v) is 2.30. The number of hydrogen-bond acceptors (Lipinski definition) is 4. The Morgan fingerprint density at radius 2 is 1.94 bits per heavy atom. The maximum absolute atomic E-state index is 9.89. The number of aliphatic hydroxyl groups excluding tert-OH is 1. The lowest BCUT2D eigenvalue weighted by Gasteiger charge is -2.35. The van der Waals surface area contributed by atoms with Crippen molar-refractivity contribution in [2.75, 3.05) is 18.0 Å². The molecule has 1 aliphatic heterocycles. The Morgan fingerprint density at radius 1 is 1.29 bits per heavy atom. The van der Waals surface area contributed by atoms with Gasteiger partial charge in [-0.1, -0.05) is 18.5 Å². The van der Waals surface area contributed by atoms with E-state index in [-0.39, 0.29) is 6.10 Å². The lowest BCUT2D eigenvalue weighted by atomic mass is 9.96. The second-order valence-corrected chi connectivity index (χ2v) is 5.15. The highest BCUT2D eigenvalue weighted by atomic mass is 35.5.